The molecule has 0 aliphatic heterocycles. The van der Waals surface area contributed by atoms with Gasteiger partial charge in [0.25, 0.3) is 0 Å². The molecule has 0 aliphatic rings. The summed E-state index contributed by atoms with van der Waals surface area (Å²) in [7, 11) is 0. The molecule has 2 aromatic heterocycles. The minimum Gasteiger partial charge on any atom is -0.455 e. The Bertz CT molecular complexity index is 3180. The van der Waals surface area contributed by atoms with Crippen LogP contribution in [0.3, 0.4) is 0 Å². The zero-order chi connectivity index (χ0) is 36.3. The number of anilines is 3. The van der Waals surface area contributed by atoms with E-state index >= 15 is 0 Å². The van der Waals surface area contributed by atoms with Crippen molar-refractivity contribution in [2.24, 2.45) is 0 Å². The Morgan fingerprint density at radius 3 is 1.62 bits per heavy atom. The Balaban J connectivity index is 0.993. The van der Waals surface area contributed by atoms with Gasteiger partial charge in [0.05, 0.1) is 0 Å². The maximum Gasteiger partial charge on any atom is 0.143 e. The predicted octanol–water partition coefficient (Wildman–Crippen LogP) is 15.6. The van der Waals surface area contributed by atoms with E-state index in [0.29, 0.717) is 0 Å². The summed E-state index contributed by atoms with van der Waals surface area (Å²) in [6.07, 6.45) is 0. The molecule has 0 radical (unpaired) electrons. The van der Waals surface area contributed by atoms with Crippen LogP contribution >= 0.6 is 11.3 Å². The van der Waals surface area contributed by atoms with Gasteiger partial charge in [0.1, 0.15) is 11.2 Å². The number of hydrogen-bond donors (Lipinski definition) is 0. The summed E-state index contributed by atoms with van der Waals surface area (Å²) in [5, 5.41) is 7.21. The van der Waals surface area contributed by atoms with E-state index < -0.39 is 0 Å². The van der Waals surface area contributed by atoms with Crippen LogP contribution in [0.1, 0.15) is 0 Å². The molecular weight excluding hydrogens is 687 g/mol. The molecule has 2 nitrogen and oxygen atoms in total. The van der Waals surface area contributed by atoms with E-state index in [9.17, 15) is 0 Å². The average molecular weight is 720 g/mol. The topological polar surface area (TPSA) is 16.4 Å². The summed E-state index contributed by atoms with van der Waals surface area (Å²) in [5.41, 5.74) is 12.3. The molecule has 258 valence electrons. The molecule has 0 saturated carbocycles. The second-order valence-electron chi connectivity index (χ2n) is 14.1. The number of benzene rings is 9. The lowest BCUT2D eigenvalue weighted by molar-refractivity contribution is 0.673. The Kier molecular flexibility index (Phi) is 7.39. The lowest BCUT2D eigenvalue weighted by Crippen LogP contribution is -2.09. The Hall–Kier alpha value is -6.94. The normalized spacial score (nSPS) is 11.6. The highest BCUT2D eigenvalue weighted by molar-refractivity contribution is 7.25. The lowest BCUT2D eigenvalue weighted by Gasteiger charge is -2.26. The van der Waals surface area contributed by atoms with Gasteiger partial charge in [0.2, 0.25) is 0 Å². The van der Waals surface area contributed by atoms with Crippen molar-refractivity contribution in [3.8, 4) is 33.4 Å². The average Bonchev–Trinajstić information content (AvgIpc) is 3.82. The molecule has 0 bridgehead atoms. The van der Waals surface area contributed by atoms with Crippen LogP contribution in [0.5, 0.6) is 0 Å². The van der Waals surface area contributed by atoms with Gasteiger partial charge in [-0.05, 0) is 105 Å². The first-order chi connectivity index (χ1) is 27.2. The number of nitrogens with zero attached hydrogens (tertiary/aromatic N) is 1. The highest BCUT2D eigenvalue weighted by Crippen LogP contribution is 2.43. The van der Waals surface area contributed by atoms with Crippen LogP contribution in [0, 0.1) is 0 Å². The summed E-state index contributed by atoms with van der Waals surface area (Å²) < 4.78 is 9.27. The molecule has 55 heavy (non-hydrogen) atoms. The SMILES string of the molecule is c1ccc(-c2ccc(N(c3ccccc3)c3ccc(-c4ccc5oc6c7ccccc7c(-c7ccc8c(c7)sc7ccccc78)cc6c5c4)cc3)cc2)cc1. The molecular formula is C52H33NOS. The number of fused-ring (bicyclic) bond motifs is 8. The van der Waals surface area contributed by atoms with Crippen molar-refractivity contribution in [2.75, 3.05) is 4.90 Å². The highest BCUT2D eigenvalue weighted by atomic mass is 32.1. The van der Waals surface area contributed by atoms with Crippen LogP contribution in [0.4, 0.5) is 17.1 Å². The molecule has 0 aliphatic carbocycles. The second kappa shape index (κ2) is 12.9. The monoisotopic (exact) mass is 719 g/mol. The minimum absolute atomic E-state index is 0.895. The molecule has 0 N–H and O–H groups in total. The summed E-state index contributed by atoms with van der Waals surface area (Å²) in [6.45, 7) is 0. The van der Waals surface area contributed by atoms with E-state index in [2.05, 4.69) is 205 Å². The van der Waals surface area contributed by atoms with Crippen molar-refractivity contribution >= 4 is 81.3 Å². The number of furan rings is 1. The van der Waals surface area contributed by atoms with Crippen LogP contribution < -0.4 is 4.90 Å². The van der Waals surface area contributed by atoms with Crippen LogP contribution in [-0.2, 0) is 0 Å². The van der Waals surface area contributed by atoms with Crippen LogP contribution in [-0.4, -0.2) is 0 Å². The van der Waals surface area contributed by atoms with Crippen LogP contribution in [0.15, 0.2) is 205 Å². The predicted molar refractivity (Wildman–Crippen MR) is 235 cm³/mol. The standard InChI is InChI=1S/C52H33NOS/c1-3-11-34(12-4-1)35-19-25-40(26-20-35)53(39-13-5-2-6-14-39)41-27-21-36(22-28-41)37-24-30-49-47(31-37)48-33-46(42-15-7-8-17-45(42)52(48)54-49)38-23-29-44-43-16-9-10-18-50(43)55-51(44)32-38/h1-33H. The van der Waals surface area contributed by atoms with Gasteiger partial charge in [0, 0.05) is 53.4 Å². The van der Waals surface area contributed by atoms with Gasteiger partial charge in [0.15, 0.2) is 0 Å². The quantitative estimate of drug-likeness (QED) is 0.170. The van der Waals surface area contributed by atoms with Gasteiger partial charge in [-0.2, -0.15) is 0 Å². The zero-order valence-corrected chi connectivity index (χ0v) is 30.6. The summed E-state index contributed by atoms with van der Waals surface area (Å²) in [4.78, 5) is 2.31. The minimum atomic E-state index is 0.895. The van der Waals surface area contributed by atoms with Crippen LogP contribution in [0.25, 0.3) is 86.3 Å². The third kappa shape index (κ3) is 5.40. The molecule has 0 saturated heterocycles. The van der Waals surface area contributed by atoms with Crippen molar-refractivity contribution < 1.29 is 4.42 Å². The lowest BCUT2D eigenvalue weighted by atomic mass is 9.94. The molecule has 9 aromatic carbocycles. The van der Waals surface area contributed by atoms with E-state index in [0.717, 1.165) is 55.5 Å². The molecule has 2 heterocycles. The summed E-state index contributed by atoms with van der Waals surface area (Å²) in [6, 6.07) is 72.0. The van der Waals surface area contributed by atoms with E-state index in [-0.39, 0.29) is 0 Å². The molecule has 0 spiro atoms. The van der Waals surface area contributed by atoms with Gasteiger partial charge in [-0.3, -0.25) is 0 Å². The van der Waals surface area contributed by atoms with Gasteiger partial charge in [-0.25, -0.2) is 0 Å². The molecule has 11 rings (SSSR count). The van der Waals surface area contributed by atoms with Gasteiger partial charge >= 0.3 is 0 Å². The maximum absolute atomic E-state index is 6.64. The molecule has 0 unspecified atom stereocenters. The largest absolute Gasteiger partial charge is 0.455 e. The number of rotatable bonds is 6. The Labute approximate surface area is 322 Å². The maximum atomic E-state index is 6.64. The summed E-state index contributed by atoms with van der Waals surface area (Å²) >= 11 is 1.86. The van der Waals surface area contributed by atoms with Gasteiger partial charge in [-0.15, -0.1) is 11.3 Å². The summed E-state index contributed by atoms with van der Waals surface area (Å²) in [5.74, 6) is 0. The van der Waals surface area contributed by atoms with Crippen molar-refractivity contribution in [1.82, 2.24) is 0 Å². The fraction of sp³-hybridized carbons (Fsp3) is 0. The highest BCUT2D eigenvalue weighted by Gasteiger charge is 2.18. The Morgan fingerprint density at radius 1 is 0.327 bits per heavy atom. The molecule has 0 amide bonds. The Morgan fingerprint density at radius 2 is 0.873 bits per heavy atom. The van der Waals surface area contributed by atoms with Crippen molar-refractivity contribution in [3.63, 3.8) is 0 Å². The van der Waals surface area contributed by atoms with E-state index in [4.69, 9.17) is 4.42 Å². The fourth-order valence-electron chi connectivity index (χ4n) is 8.17. The first-order valence-corrected chi connectivity index (χ1v) is 19.5. The third-order valence-electron chi connectivity index (χ3n) is 10.9. The molecule has 3 heteroatoms. The van der Waals surface area contributed by atoms with Crippen LogP contribution in [0.2, 0.25) is 0 Å². The molecule has 0 fully saturated rings. The number of para-hydroxylation sites is 1. The van der Waals surface area contributed by atoms with Crippen molar-refractivity contribution in [2.45, 2.75) is 0 Å². The van der Waals surface area contributed by atoms with E-state index in [1.807, 2.05) is 11.3 Å². The zero-order valence-electron chi connectivity index (χ0n) is 29.8. The third-order valence-corrected chi connectivity index (χ3v) is 12.0. The van der Waals surface area contributed by atoms with Gasteiger partial charge in [-0.1, -0.05) is 133 Å². The number of thiophene rings is 1. The first kappa shape index (κ1) is 31.6. The van der Waals surface area contributed by atoms with Crippen molar-refractivity contribution in [3.05, 3.63) is 200 Å². The van der Waals surface area contributed by atoms with E-state index in [1.54, 1.807) is 0 Å². The van der Waals surface area contributed by atoms with Gasteiger partial charge < -0.3 is 9.32 Å². The fourth-order valence-corrected chi connectivity index (χ4v) is 9.32. The molecule has 0 atom stereocenters. The smallest absolute Gasteiger partial charge is 0.143 e. The first-order valence-electron chi connectivity index (χ1n) is 18.7. The molecule has 11 aromatic rings. The second-order valence-corrected chi connectivity index (χ2v) is 15.2. The van der Waals surface area contributed by atoms with E-state index in [1.165, 1.54) is 47.8 Å². The van der Waals surface area contributed by atoms with Crippen molar-refractivity contribution in [1.29, 1.82) is 0 Å². The number of hydrogen-bond acceptors (Lipinski definition) is 3.